The number of nitrogens with zero attached hydrogens (tertiary/aromatic N) is 1. The summed E-state index contributed by atoms with van der Waals surface area (Å²) in [6.45, 7) is 3.47. The van der Waals surface area contributed by atoms with Crippen molar-refractivity contribution in [3.63, 3.8) is 0 Å². The SMILES string of the molecule is C/C(=N\NC(=O)c1ccc(C(=O)NC(C)c2ccc(C(N)=O)cc2)s1)c1csc(-c2ccc(Cl)c(Cl)c2)c1O. The van der Waals surface area contributed by atoms with Gasteiger partial charge in [-0.05, 0) is 61.4 Å². The van der Waals surface area contributed by atoms with Crippen molar-refractivity contribution in [3.8, 4) is 16.2 Å². The predicted octanol–water partition coefficient (Wildman–Crippen LogP) is 6.23. The summed E-state index contributed by atoms with van der Waals surface area (Å²) in [4.78, 5) is 37.9. The number of aromatic hydroxyl groups is 1. The van der Waals surface area contributed by atoms with Crippen LogP contribution in [0.2, 0.25) is 10.0 Å². The van der Waals surface area contributed by atoms with Crippen molar-refractivity contribution in [2.24, 2.45) is 10.8 Å². The fourth-order valence-electron chi connectivity index (χ4n) is 3.57. The van der Waals surface area contributed by atoms with Gasteiger partial charge in [0.1, 0.15) is 5.75 Å². The summed E-state index contributed by atoms with van der Waals surface area (Å²) in [6.07, 6.45) is 0. The lowest BCUT2D eigenvalue weighted by molar-refractivity contribution is 0.0940. The van der Waals surface area contributed by atoms with Gasteiger partial charge in [-0.2, -0.15) is 5.10 Å². The van der Waals surface area contributed by atoms with Gasteiger partial charge in [-0.25, -0.2) is 5.43 Å². The van der Waals surface area contributed by atoms with Gasteiger partial charge in [0.2, 0.25) is 5.91 Å². The van der Waals surface area contributed by atoms with Gasteiger partial charge in [-0.3, -0.25) is 14.4 Å². The Bertz CT molecular complexity index is 1600. The largest absolute Gasteiger partial charge is 0.506 e. The van der Waals surface area contributed by atoms with E-state index in [4.69, 9.17) is 28.9 Å². The zero-order valence-electron chi connectivity index (χ0n) is 20.6. The normalized spacial score (nSPS) is 12.2. The lowest BCUT2D eigenvalue weighted by Crippen LogP contribution is -2.26. The molecule has 4 aromatic rings. The Labute approximate surface area is 242 Å². The lowest BCUT2D eigenvalue weighted by atomic mass is 10.1. The van der Waals surface area contributed by atoms with Crippen LogP contribution in [0.25, 0.3) is 10.4 Å². The molecule has 0 fully saturated rings. The first-order chi connectivity index (χ1) is 18.5. The molecule has 39 heavy (non-hydrogen) atoms. The average Bonchev–Trinajstić information content (AvgIpc) is 3.56. The van der Waals surface area contributed by atoms with Crippen molar-refractivity contribution >= 4 is 69.3 Å². The third kappa shape index (κ3) is 6.48. The molecule has 0 spiro atoms. The Morgan fingerprint density at radius 2 is 1.64 bits per heavy atom. The molecule has 200 valence electrons. The van der Waals surface area contributed by atoms with Crippen molar-refractivity contribution in [2.75, 3.05) is 0 Å². The van der Waals surface area contributed by atoms with Crippen molar-refractivity contribution in [1.29, 1.82) is 0 Å². The summed E-state index contributed by atoms with van der Waals surface area (Å²) in [7, 11) is 0. The molecule has 0 radical (unpaired) electrons. The van der Waals surface area contributed by atoms with Crippen molar-refractivity contribution < 1.29 is 19.5 Å². The molecule has 3 amide bonds. The van der Waals surface area contributed by atoms with Gasteiger partial charge >= 0.3 is 0 Å². The number of nitrogens with one attached hydrogen (secondary N) is 2. The number of carbonyl (C=O) groups is 3. The van der Waals surface area contributed by atoms with Crippen LogP contribution < -0.4 is 16.5 Å². The second kappa shape index (κ2) is 12.0. The van der Waals surface area contributed by atoms with Gasteiger partial charge in [-0.15, -0.1) is 22.7 Å². The number of halogens is 2. The van der Waals surface area contributed by atoms with Crippen LogP contribution in [0.5, 0.6) is 5.75 Å². The van der Waals surface area contributed by atoms with Crippen LogP contribution in [-0.4, -0.2) is 28.5 Å². The number of carbonyl (C=O) groups excluding carboxylic acids is 3. The first kappa shape index (κ1) is 28.3. The molecule has 12 heteroatoms. The van der Waals surface area contributed by atoms with E-state index in [0.29, 0.717) is 47.1 Å². The Kier molecular flexibility index (Phi) is 8.71. The monoisotopic (exact) mass is 600 g/mol. The average molecular weight is 602 g/mol. The highest BCUT2D eigenvalue weighted by atomic mass is 35.5. The smallest absolute Gasteiger partial charge is 0.281 e. The van der Waals surface area contributed by atoms with Gasteiger partial charge < -0.3 is 16.2 Å². The van der Waals surface area contributed by atoms with Gasteiger partial charge in [0.15, 0.2) is 0 Å². The van der Waals surface area contributed by atoms with E-state index in [9.17, 15) is 19.5 Å². The van der Waals surface area contributed by atoms with Crippen LogP contribution in [-0.2, 0) is 0 Å². The first-order valence-corrected chi connectivity index (χ1v) is 13.9. The standard InChI is InChI=1S/C27H22Cl2N4O4S2/c1-13(15-3-5-16(6-4-15)25(30)35)31-26(36)21-9-10-22(39-21)27(37)33-32-14(2)18-12-38-24(23(18)34)17-7-8-19(28)20(29)11-17/h3-13,34H,1-2H3,(H2,30,35)(H,31,36)(H,33,37)/b32-14+. The predicted molar refractivity (Wildman–Crippen MR) is 156 cm³/mol. The number of thiophene rings is 2. The molecule has 2 aromatic carbocycles. The molecule has 8 nitrogen and oxygen atoms in total. The fraction of sp³-hybridized carbons (Fsp3) is 0.111. The summed E-state index contributed by atoms with van der Waals surface area (Å²) in [5, 5.41) is 20.2. The summed E-state index contributed by atoms with van der Waals surface area (Å²) >= 11 is 14.4. The number of amides is 3. The Balaban J connectivity index is 1.39. The molecule has 1 atom stereocenters. The quantitative estimate of drug-likeness (QED) is 0.141. The highest BCUT2D eigenvalue weighted by Gasteiger charge is 2.18. The van der Waals surface area contributed by atoms with Crippen LogP contribution in [0.1, 0.15) is 60.7 Å². The second-order valence-electron chi connectivity index (χ2n) is 8.44. The highest BCUT2D eigenvalue weighted by Crippen LogP contribution is 2.40. The van der Waals surface area contributed by atoms with Crippen molar-refractivity contribution in [2.45, 2.75) is 19.9 Å². The molecule has 0 saturated carbocycles. The van der Waals surface area contributed by atoms with E-state index in [0.717, 1.165) is 16.9 Å². The molecular weight excluding hydrogens is 579 g/mol. The highest BCUT2D eigenvalue weighted by molar-refractivity contribution is 7.16. The molecule has 0 aliphatic heterocycles. The summed E-state index contributed by atoms with van der Waals surface area (Å²) in [6, 6.07) is 14.5. The molecule has 0 aliphatic carbocycles. The molecule has 4 rings (SSSR count). The van der Waals surface area contributed by atoms with E-state index in [1.54, 1.807) is 60.8 Å². The van der Waals surface area contributed by atoms with Crippen LogP contribution in [0.3, 0.4) is 0 Å². The van der Waals surface area contributed by atoms with Crippen molar-refractivity contribution in [1.82, 2.24) is 10.7 Å². The molecule has 1 unspecified atom stereocenters. The van der Waals surface area contributed by atoms with Gasteiger partial charge in [0.25, 0.3) is 11.8 Å². The van der Waals surface area contributed by atoms with Gasteiger partial charge in [-0.1, -0.05) is 41.4 Å². The number of hydrazone groups is 1. The third-order valence-corrected chi connectivity index (χ3v) is 8.60. The van der Waals surface area contributed by atoms with Gasteiger partial charge in [0.05, 0.1) is 42.0 Å². The molecular formula is C27H22Cl2N4O4S2. The minimum absolute atomic E-state index is 0.0161. The number of rotatable bonds is 8. The summed E-state index contributed by atoms with van der Waals surface area (Å²) < 4.78 is 0. The maximum absolute atomic E-state index is 12.7. The zero-order valence-corrected chi connectivity index (χ0v) is 23.8. The van der Waals surface area contributed by atoms with Crippen LogP contribution in [0.4, 0.5) is 0 Å². The van der Waals surface area contributed by atoms with E-state index in [-0.39, 0.29) is 17.7 Å². The first-order valence-electron chi connectivity index (χ1n) is 11.5. The van der Waals surface area contributed by atoms with Gasteiger partial charge in [0, 0.05) is 10.9 Å². The maximum Gasteiger partial charge on any atom is 0.281 e. The zero-order chi connectivity index (χ0) is 28.3. The minimum Gasteiger partial charge on any atom is -0.506 e. The molecule has 2 aromatic heterocycles. The van der Waals surface area contributed by atoms with Crippen LogP contribution in [0, 0.1) is 0 Å². The number of primary amides is 1. The number of benzene rings is 2. The number of nitrogens with two attached hydrogens (primary N) is 1. The maximum atomic E-state index is 12.7. The molecule has 0 saturated heterocycles. The third-order valence-electron chi connectivity index (χ3n) is 5.76. The molecule has 0 aliphatic rings. The Hall–Kier alpha value is -3.70. The topological polar surface area (TPSA) is 134 Å². The van der Waals surface area contributed by atoms with Crippen molar-refractivity contribution in [3.05, 3.63) is 96.5 Å². The number of hydrogen-bond acceptors (Lipinski definition) is 7. The van der Waals surface area contributed by atoms with E-state index >= 15 is 0 Å². The lowest BCUT2D eigenvalue weighted by Gasteiger charge is -2.14. The summed E-state index contributed by atoms with van der Waals surface area (Å²) in [5.41, 5.74) is 10.5. The Morgan fingerprint density at radius 1 is 0.974 bits per heavy atom. The summed E-state index contributed by atoms with van der Waals surface area (Å²) in [5.74, 6) is -1.35. The second-order valence-corrected chi connectivity index (χ2v) is 11.2. The minimum atomic E-state index is -0.526. The molecule has 0 bridgehead atoms. The molecule has 2 heterocycles. The fourth-order valence-corrected chi connectivity index (χ4v) is 5.67. The van der Waals surface area contributed by atoms with E-state index < -0.39 is 11.8 Å². The van der Waals surface area contributed by atoms with E-state index in [1.165, 1.54) is 17.4 Å². The number of hydrogen-bond donors (Lipinski definition) is 4. The van der Waals surface area contributed by atoms with Crippen LogP contribution in [0.15, 0.2) is 65.1 Å². The van der Waals surface area contributed by atoms with E-state index in [1.807, 2.05) is 6.92 Å². The molecule has 5 N–H and O–H groups in total. The van der Waals surface area contributed by atoms with E-state index in [2.05, 4.69) is 15.8 Å². The Morgan fingerprint density at radius 3 is 2.28 bits per heavy atom. The van der Waals surface area contributed by atoms with Crippen LogP contribution >= 0.6 is 45.9 Å².